The van der Waals surface area contributed by atoms with Crippen LogP contribution in [0, 0.1) is 5.41 Å². The van der Waals surface area contributed by atoms with Gasteiger partial charge in [-0.2, -0.15) is 0 Å². The number of alkyl halides is 1. The first-order valence-corrected chi connectivity index (χ1v) is 5.16. The Bertz CT molecular complexity index is 105. The fraction of sp³-hybridized carbons (Fsp3) is 1.00. The molecule has 0 radical (unpaired) electrons. The zero-order chi connectivity index (χ0) is 8.41. The van der Waals surface area contributed by atoms with Crippen LogP contribution in [0.4, 0.5) is 0 Å². The Morgan fingerprint density at radius 3 is 1.80 bits per heavy atom. The molecule has 0 aliphatic rings. The maximum atomic E-state index is 5.87. The summed E-state index contributed by atoms with van der Waals surface area (Å²) in [5.74, 6) is 0.708. The van der Waals surface area contributed by atoms with Gasteiger partial charge >= 0.3 is 0 Å². The quantitative estimate of drug-likeness (QED) is 0.483. The van der Waals surface area contributed by atoms with Crippen molar-refractivity contribution in [2.45, 2.75) is 25.9 Å². The van der Waals surface area contributed by atoms with E-state index in [4.69, 9.17) is 11.6 Å². The van der Waals surface area contributed by atoms with E-state index in [0.29, 0.717) is 5.88 Å². The molecule has 0 spiro atoms. The Morgan fingerprint density at radius 1 is 1.40 bits per heavy atom. The molecule has 62 valence electrons. The second-order valence-electron chi connectivity index (χ2n) is 3.97. The smallest absolute Gasteiger partial charge is 0.0373 e. The lowest BCUT2D eigenvalue weighted by Crippen LogP contribution is -2.55. The molecule has 10 heavy (non-hydrogen) atoms. The molecule has 0 aromatic carbocycles. The summed E-state index contributed by atoms with van der Waals surface area (Å²) in [5, 5.41) is 3.47. The SMILES string of the molecule is CNC([SiH3])(CCl)C(C)(C)C. The van der Waals surface area contributed by atoms with E-state index in [1.807, 2.05) is 7.05 Å². The third-order valence-corrected chi connectivity index (χ3v) is 5.81. The van der Waals surface area contributed by atoms with Crippen molar-refractivity contribution < 1.29 is 0 Å². The van der Waals surface area contributed by atoms with E-state index in [1.165, 1.54) is 0 Å². The molecule has 0 heterocycles. The molecule has 3 heteroatoms. The zero-order valence-corrected chi connectivity index (χ0v) is 10.3. The highest BCUT2D eigenvalue weighted by atomic mass is 35.5. The predicted molar refractivity (Wildman–Crippen MR) is 51.9 cm³/mol. The summed E-state index contributed by atoms with van der Waals surface area (Å²) < 4.78 is 0. The lowest BCUT2D eigenvalue weighted by Gasteiger charge is -2.40. The van der Waals surface area contributed by atoms with Gasteiger partial charge in [0.05, 0.1) is 0 Å². The van der Waals surface area contributed by atoms with Gasteiger partial charge in [-0.15, -0.1) is 11.6 Å². The normalized spacial score (nSPS) is 18.9. The van der Waals surface area contributed by atoms with Crippen LogP contribution in [0.5, 0.6) is 0 Å². The second-order valence-corrected chi connectivity index (χ2v) is 5.94. The molecular weight excluding hydrogens is 162 g/mol. The Kier molecular flexibility index (Phi) is 3.39. The van der Waals surface area contributed by atoms with Gasteiger partial charge in [0.25, 0.3) is 0 Å². The van der Waals surface area contributed by atoms with Crippen molar-refractivity contribution in [1.29, 1.82) is 0 Å². The molecule has 0 fully saturated rings. The number of hydrogen-bond donors (Lipinski definition) is 1. The van der Waals surface area contributed by atoms with Crippen molar-refractivity contribution in [3.63, 3.8) is 0 Å². The van der Waals surface area contributed by atoms with Crippen LogP contribution in [0.1, 0.15) is 20.8 Å². The molecule has 0 bridgehead atoms. The van der Waals surface area contributed by atoms with Crippen molar-refractivity contribution in [3.8, 4) is 0 Å². The van der Waals surface area contributed by atoms with Gasteiger partial charge in [-0.25, -0.2) is 0 Å². The monoisotopic (exact) mass is 179 g/mol. The summed E-state index contributed by atoms with van der Waals surface area (Å²) >= 11 is 5.87. The maximum Gasteiger partial charge on any atom is 0.0373 e. The Balaban J connectivity index is 4.33. The number of halogens is 1. The standard InChI is InChI=1S/C7H18ClNSi/c1-6(2,3)7(10,5-8)9-4/h9H,5H2,1-4,10H3. The van der Waals surface area contributed by atoms with Gasteiger partial charge in [0.2, 0.25) is 0 Å². The highest BCUT2D eigenvalue weighted by Crippen LogP contribution is 2.27. The van der Waals surface area contributed by atoms with Crippen molar-refractivity contribution in [3.05, 3.63) is 0 Å². The lowest BCUT2D eigenvalue weighted by atomic mass is 9.87. The Morgan fingerprint density at radius 2 is 1.80 bits per heavy atom. The van der Waals surface area contributed by atoms with Gasteiger partial charge in [-0.1, -0.05) is 20.8 Å². The van der Waals surface area contributed by atoms with Crippen molar-refractivity contribution in [2.24, 2.45) is 5.41 Å². The van der Waals surface area contributed by atoms with Gasteiger partial charge in [0, 0.05) is 21.3 Å². The van der Waals surface area contributed by atoms with Crippen LogP contribution in [-0.4, -0.2) is 28.3 Å². The van der Waals surface area contributed by atoms with Crippen molar-refractivity contribution in [1.82, 2.24) is 5.32 Å². The minimum atomic E-state index is 0.175. The number of nitrogens with one attached hydrogen (secondary N) is 1. The number of hydrogen-bond acceptors (Lipinski definition) is 1. The summed E-state index contributed by atoms with van der Waals surface area (Å²) in [7, 11) is 3.07. The van der Waals surface area contributed by atoms with Crippen LogP contribution in [-0.2, 0) is 0 Å². The molecular formula is C7H18ClNSi. The van der Waals surface area contributed by atoms with E-state index in [2.05, 4.69) is 26.1 Å². The average Bonchev–Trinajstić information content (AvgIpc) is 1.84. The number of rotatable bonds is 2. The second kappa shape index (κ2) is 3.24. The lowest BCUT2D eigenvalue weighted by molar-refractivity contribution is 0.261. The van der Waals surface area contributed by atoms with Crippen LogP contribution >= 0.6 is 11.6 Å². The average molecular weight is 180 g/mol. The molecule has 0 aromatic rings. The van der Waals surface area contributed by atoms with Gasteiger partial charge in [-0.05, 0) is 12.5 Å². The van der Waals surface area contributed by atoms with E-state index >= 15 is 0 Å². The zero-order valence-electron chi connectivity index (χ0n) is 7.59. The molecule has 0 aromatic heterocycles. The summed E-state index contributed by atoms with van der Waals surface area (Å²) in [6, 6.07) is 0. The molecule has 0 aliphatic heterocycles. The molecule has 0 rings (SSSR count). The highest BCUT2D eigenvalue weighted by molar-refractivity contribution is 6.26. The van der Waals surface area contributed by atoms with E-state index < -0.39 is 0 Å². The van der Waals surface area contributed by atoms with E-state index in [0.717, 1.165) is 10.2 Å². The van der Waals surface area contributed by atoms with Gasteiger partial charge < -0.3 is 5.32 Å². The van der Waals surface area contributed by atoms with Crippen LogP contribution < -0.4 is 5.32 Å². The first kappa shape index (κ1) is 10.5. The van der Waals surface area contributed by atoms with E-state index in [1.54, 1.807) is 0 Å². The summed E-state index contributed by atoms with van der Waals surface area (Å²) in [6.07, 6.45) is 0. The summed E-state index contributed by atoms with van der Waals surface area (Å²) in [4.78, 5) is 0. The first-order valence-electron chi connectivity index (χ1n) is 3.62. The third kappa shape index (κ3) is 1.97. The van der Waals surface area contributed by atoms with Gasteiger partial charge in [0.1, 0.15) is 0 Å². The predicted octanol–water partition coefficient (Wildman–Crippen LogP) is 0.552. The topological polar surface area (TPSA) is 12.0 Å². The highest BCUT2D eigenvalue weighted by Gasteiger charge is 2.34. The van der Waals surface area contributed by atoms with Crippen LogP contribution in [0.15, 0.2) is 0 Å². The van der Waals surface area contributed by atoms with Crippen LogP contribution in [0.3, 0.4) is 0 Å². The molecule has 0 saturated heterocycles. The van der Waals surface area contributed by atoms with Crippen molar-refractivity contribution >= 4 is 21.8 Å². The molecule has 0 saturated carbocycles. The molecule has 1 unspecified atom stereocenters. The third-order valence-electron chi connectivity index (χ3n) is 2.47. The largest absolute Gasteiger partial charge is 0.316 e. The molecule has 1 N–H and O–H groups in total. The molecule has 1 atom stereocenters. The van der Waals surface area contributed by atoms with Gasteiger partial charge in [0.15, 0.2) is 0 Å². The molecule has 0 aliphatic carbocycles. The maximum absolute atomic E-state index is 5.87. The minimum Gasteiger partial charge on any atom is -0.316 e. The van der Waals surface area contributed by atoms with E-state index in [9.17, 15) is 0 Å². The van der Waals surface area contributed by atoms with Crippen LogP contribution in [0.2, 0.25) is 0 Å². The molecule has 0 amide bonds. The summed E-state index contributed by atoms with van der Waals surface area (Å²) in [6.45, 7) is 6.66. The molecule has 1 nitrogen and oxygen atoms in total. The Hall–Kier alpha value is 0.467. The fourth-order valence-electron chi connectivity index (χ4n) is 0.642. The first-order chi connectivity index (χ1) is 4.37. The van der Waals surface area contributed by atoms with Crippen molar-refractivity contribution in [2.75, 3.05) is 12.9 Å². The summed E-state index contributed by atoms with van der Waals surface area (Å²) in [5.41, 5.74) is 0.274. The fourth-order valence-corrected chi connectivity index (χ4v) is 1.18. The Labute approximate surface area is 72.0 Å². The van der Waals surface area contributed by atoms with E-state index in [-0.39, 0.29) is 10.6 Å². The van der Waals surface area contributed by atoms with Crippen LogP contribution in [0.25, 0.3) is 0 Å². The van der Waals surface area contributed by atoms with Gasteiger partial charge in [-0.3, -0.25) is 0 Å². The minimum absolute atomic E-state index is 0.175.